The van der Waals surface area contributed by atoms with Crippen LogP contribution in [0.5, 0.6) is 0 Å². The largest absolute Gasteiger partial charge is 0.329 e. The predicted molar refractivity (Wildman–Crippen MR) is 70.6 cm³/mol. The normalized spacial score (nSPS) is 27.6. The fraction of sp³-hybridized carbons (Fsp3) is 1.00. The molecule has 2 unspecified atom stereocenters. The molecular formula is C13H29N3. The Morgan fingerprint density at radius 3 is 2.50 bits per heavy atom. The topological polar surface area (TPSA) is 32.5 Å². The second-order valence-electron chi connectivity index (χ2n) is 4.93. The monoisotopic (exact) mass is 227 g/mol. The first-order valence-corrected chi connectivity index (χ1v) is 6.91. The number of likely N-dealkylation sites (N-methyl/N-ethyl adjacent to an activating group) is 1. The summed E-state index contributed by atoms with van der Waals surface area (Å²) in [7, 11) is 0. The van der Waals surface area contributed by atoms with Gasteiger partial charge in [0.05, 0.1) is 0 Å². The second kappa shape index (κ2) is 7.25. The highest BCUT2D eigenvalue weighted by Crippen LogP contribution is 2.21. The zero-order valence-corrected chi connectivity index (χ0v) is 11.3. The van der Waals surface area contributed by atoms with Crippen LogP contribution in [0.3, 0.4) is 0 Å². The zero-order chi connectivity index (χ0) is 12.0. The van der Waals surface area contributed by atoms with Gasteiger partial charge in [0.25, 0.3) is 0 Å². The van der Waals surface area contributed by atoms with Crippen LogP contribution in [0.15, 0.2) is 0 Å². The first-order chi connectivity index (χ1) is 7.72. The third-order valence-corrected chi connectivity index (χ3v) is 4.04. The van der Waals surface area contributed by atoms with E-state index >= 15 is 0 Å². The molecule has 0 amide bonds. The van der Waals surface area contributed by atoms with Crippen molar-refractivity contribution in [2.45, 2.75) is 52.1 Å². The maximum Gasteiger partial charge on any atom is 0.0221 e. The Bertz CT molecular complexity index is 180. The van der Waals surface area contributed by atoms with E-state index in [1.807, 2.05) is 0 Å². The molecule has 0 aromatic carbocycles. The number of piperidine rings is 1. The minimum absolute atomic E-state index is 0.624. The lowest BCUT2D eigenvalue weighted by molar-refractivity contribution is 0.0840. The van der Waals surface area contributed by atoms with Crippen LogP contribution in [0.1, 0.15) is 40.0 Å². The van der Waals surface area contributed by atoms with Gasteiger partial charge in [-0.25, -0.2) is 0 Å². The molecule has 2 atom stereocenters. The molecular weight excluding hydrogens is 198 g/mol. The molecule has 0 spiro atoms. The van der Waals surface area contributed by atoms with Crippen LogP contribution in [-0.2, 0) is 0 Å². The lowest BCUT2D eigenvalue weighted by Gasteiger charge is -2.41. The molecule has 1 aliphatic heterocycles. The first kappa shape index (κ1) is 13.9. The van der Waals surface area contributed by atoms with Crippen LogP contribution >= 0.6 is 0 Å². The number of nitrogens with two attached hydrogens (primary N) is 1. The zero-order valence-electron chi connectivity index (χ0n) is 11.3. The Kier molecular flexibility index (Phi) is 6.32. The van der Waals surface area contributed by atoms with Gasteiger partial charge in [-0.2, -0.15) is 0 Å². The van der Waals surface area contributed by atoms with E-state index in [4.69, 9.17) is 5.73 Å². The van der Waals surface area contributed by atoms with E-state index in [1.165, 1.54) is 32.4 Å². The third-order valence-electron chi connectivity index (χ3n) is 4.04. The van der Waals surface area contributed by atoms with E-state index in [2.05, 4.69) is 30.6 Å². The fourth-order valence-corrected chi connectivity index (χ4v) is 2.79. The van der Waals surface area contributed by atoms with Crippen LogP contribution < -0.4 is 5.73 Å². The van der Waals surface area contributed by atoms with Gasteiger partial charge in [0.15, 0.2) is 0 Å². The van der Waals surface area contributed by atoms with Crippen molar-refractivity contribution < 1.29 is 0 Å². The highest BCUT2D eigenvalue weighted by Gasteiger charge is 2.26. The van der Waals surface area contributed by atoms with Gasteiger partial charge >= 0.3 is 0 Å². The molecule has 96 valence electrons. The van der Waals surface area contributed by atoms with E-state index in [0.29, 0.717) is 6.04 Å². The molecule has 3 heteroatoms. The second-order valence-corrected chi connectivity index (χ2v) is 4.93. The Morgan fingerprint density at radius 2 is 1.94 bits per heavy atom. The molecule has 0 saturated carbocycles. The van der Waals surface area contributed by atoms with Crippen molar-refractivity contribution >= 4 is 0 Å². The van der Waals surface area contributed by atoms with Crippen molar-refractivity contribution in [3.05, 3.63) is 0 Å². The number of hydrogen-bond acceptors (Lipinski definition) is 3. The van der Waals surface area contributed by atoms with Crippen LogP contribution in [0.25, 0.3) is 0 Å². The fourth-order valence-electron chi connectivity index (χ4n) is 2.79. The summed E-state index contributed by atoms with van der Waals surface area (Å²) in [5.41, 5.74) is 5.87. The number of rotatable bonds is 6. The molecule has 0 aromatic heterocycles. The van der Waals surface area contributed by atoms with Crippen molar-refractivity contribution in [2.75, 3.05) is 32.7 Å². The first-order valence-electron chi connectivity index (χ1n) is 6.91. The van der Waals surface area contributed by atoms with Gasteiger partial charge in [0.1, 0.15) is 0 Å². The highest BCUT2D eigenvalue weighted by atomic mass is 15.2. The van der Waals surface area contributed by atoms with Gasteiger partial charge < -0.3 is 10.6 Å². The minimum atomic E-state index is 0.624. The molecule has 1 rings (SSSR count). The van der Waals surface area contributed by atoms with Gasteiger partial charge in [-0.05, 0) is 32.9 Å². The third kappa shape index (κ3) is 3.72. The summed E-state index contributed by atoms with van der Waals surface area (Å²) in [5, 5.41) is 0. The van der Waals surface area contributed by atoms with E-state index in [1.54, 1.807) is 0 Å². The summed E-state index contributed by atoms with van der Waals surface area (Å²) in [4.78, 5) is 5.12. The van der Waals surface area contributed by atoms with Crippen LogP contribution in [0, 0.1) is 0 Å². The molecule has 0 aromatic rings. The van der Waals surface area contributed by atoms with Gasteiger partial charge in [-0.1, -0.05) is 20.3 Å². The van der Waals surface area contributed by atoms with Crippen molar-refractivity contribution in [3.8, 4) is 0 Å². The number of hydrogen-bond donors (Lipinski definition) is 1. The highest BCUT2D eigenvalue weighted by molar-refractivity contribution is 4.83. The van der Waals surface area contributed by atoms with Gasteiger partial charge in [0.2, 0.25) is 0 Å². The average molecular weight is 227 g/mol. The molecule has 1 saturated heterocycles. The molecule has 0 bridgehead atoms. The SMILES string of the molecule is CCN(CC)CCN1C(C)CCCC1CN. The van der Waals surface area contributed by atoms with E-state index in [-0.39, 0.29) is 0 Å². The summed E-state index contributed by atoms with van der Waals surface area (Å²) in [6.45, 7) is 12.3. The summed E-state index contributed by atoms with van der Waals surface area (Å²) >= 11 is 0. The Hall–Kier alpha value is -0.120. The molecule has 2 N–H and O–H groups in total. The smallest absolute Gasteiger partial charge is 0.0221 e. The summed E-state index contributed by atoms with van der Waals surface area (Å²) in [6, 6.07) is 1.34. The maximum absolute atomic E-state index is 5.87. The molecule has 16 heavy (non-hydrogen) atoms. The summed E-state index contributed by atoms with van der Waals surface area (Å²) < 4.78 is 0. The molecule has 0 aliphatic carbocycles. The van der Waals surface area contributed by atoms with E-state index in [0.717, 1.165) is 25.7 Å². The van der Waals surface area contributed by atoms with E-state index in [9.17, 15) is 0 Å². The summed E-state index contributed by atoms with van der Waals surface area (Å²) in [5.74, 6) is 0. The van der Waals surface area contributed by atoms with Crippen LogP contribution in [-0.4, -0.2) is 54.6 Å². The van der Waals surface area contributed by atoms with Crippen molar-refractivity contribution in [1.29, 1.82) is 0 Å². The lowest BCUT2D eigenvalue weighted by atomic mass is 9.96. The molecule has 3 nitrogen and oxygen atoms in total. The lowest BCUT2D eigenvalue weighted by Crippen LogP contribution is -2.51. The summed E-state index contributed by atoms with van der Waals surface area (Å²) in [6.07, 6.45) is 3.98. The van der Waals surface area contributed by atoms with Crippen molar-refractivity contribution in [1.82, 2.24) is 9.80 Å². The Morgan fingerprint density at radius 1 is 1.25 bits per heavy atom. The number of nitrogens with zero attached hydrogens (tertiary/aromatic N) is 2. The van der Waals surface area contributed by atoms with Crippen LogP contribution in [0.4, 0.5) is 0 Å². The quantitative estimate of drug-likeness (QED) is 0.747. The molecule has 1 heterocycles. The van der Waals surface area contributed by atoms with Gasteiger partial charge in [-0.3, -0.25) is 4.90 Å². The Labute approximate surface area is 101 Å². The molecule has 0 radical (unpaired) electrons. The molecule has 1 fully saturated rings. The Balaban J connectivity index is 2.41. The van der Waals surface area contributed by atoms with Crippen molar-refractivity contribution in [2.24, 2.45) is 5.73 Å². The van der Waals surface area contributed by atoms with Gasteiger partial charge in [0, 0.05) is 31.7 Å². The number of likely N-dealkylation sites (tertiary alicyclic amines) is 1. The van der Waals surface area contributed by atoms with Crippen LogP contribution in [0.2, 0.25) is 0 Å². The maximum atomic E-state index is 5.87. The van der Waals surface area contributed by atoms with Gasteiger partial charge in [-0.15, -0.1) is 0 Å². The van der Waals surface area contributed by atoms with E-state index < -0.39 is 0 Å². The predicted octanol–water partition coefficient (Wildman–Crippen LogP) is 1.53. The molecule has 1 aliphatic rings. The average Bonchev–Trinajstić information content (AvgIpc) is 2.31. The standard InChI is InChI=1S/C13H29N3/c1-4-15(5-2)9-10-16-12(3)7-6-8-13(16)11-14/h12-13H,4-11,14H2,1-3H3. The minimum Gasteiger partial charge on any atom is -0.329 e. The van der Waals surface area contributed by atoms with Crippen molar-refractivity contribution in [3.63, 3.8) is 0 Å².